The van der Waals surface area contributed by atoms with Gasteiger partial charge in [0, 0.05) is 19.6 Å². The molecule has 2 aromatic rings. The number of carbonyl (C=O) groups is 1. The molecule has 0 aliphatic carbocycles. The summed E-state index contributed by atoms with van der Waals surface area (Å²) in [7, 11) is 0. The van der Waals surface area contributed by atoms with Gasteiger partial charge in [0.05, 0.1) is 6.61 Å². The molecule has 0 N–H and O–H groups in total. The van der Waals surface area contributed by atoms with E-state index in [-0.39, 0.29) is 13.2 Å². The van der Waals surface area contributed by atoms with E-state index in [1.807, 2.05) is 65.6 Å². The molecule has 2 aromatic carbocycles. The van der Waals surface area contributed by atoms with Gasteiger partial charge in [-0.25, -0.2) is 9.18 Å². The maximum absolute atomic E-state index is 14.1. The molecule has 0 spiro atoms. The van der Waals surface area contributed by atoms with Gasteiger partial charge in [-0.2, -0.15) is 0 Å². The lowest BCUT2D eigenvalue weighted by molar-refractivity contribution is -0.149. The van der Waals surface area contributed by atoms with E-state index in [0.29, 0.717) is 13.1 Å². The van der Waals surface area contributed by atoms with Gasteiger partial charge in [0.2, 0.25) is 6.17 Å². The van der Waals surface area contributed by atoms with Gasteiger partial charge in [-0.05, 0) is 18.1 Å². The van der Waals surface area contributed by atoms with Crippen LogP contribution < -0.4 is 0 Å². The largest absolute Gasteiger partial charge is 0.464 e. The topological polar surface area (TPSA) is 29.5 Å². The summed E-state index contributed by atoms with van der Waals surface area (Å²) in [5.74, 6) is -0.793. The second-order valence-electron chi connectivity index (χ2n) is 5.36. The number of rotatable bonds is 8. The highest BCUT2D eigenvalue weighted by Crippen LogP contribution is 2.12. The molecule has 0 fully saturated rings. The second-order valence-corrected chi connectivity index (χ2v) is 5.36. The molecule has 0 aromatic heterocycles. The Hall–Kier alpha value is -2.20. The molecule has 0 aliphatic heterocycles. The minimum Gasteiger partial charge on any atom is -0.464 e. The van der Waals surface area contributed by atoms with Crippen LogP contribution in [0.15, 0.2) is 60.7 Å². The predicted molar refractivity (Wildman–Crippen MR) is 88.5 cm³/mol. The van der Waals surface area contributed by atoms with E-state index in [4.69, 9.17) is 4.74 Å². The molecule has 0 saturated heterocycles. The Morgan fingerprint density at radius 3 is 1.91 bits per heavy atom. The van der Waals surface area contributed by atoms with Gasteiger partial charge in [0.1, 0.15) is 0 Å². The number of nitrogens with zero attached hydrogens (tertiary/aromatic N) is 1. The van der Waals surface area contributed by atoms with Gasteiger partial charge in [0.25, 0.3) is 0 Å². The first-order chi connectivity index (χ1) is 11.2. The first kappa shape index (κ1) is 17.2. The smallest absolute Gasteiger partial charge is 0.342 e. The van der Waals surface area contributed by atoms with Gasteiger partial charge in [-0.3, -0.25) is 4.90 Å². The van der Waals surface area contributed by atoms with Gasteiger partial charge < -0.3 is 4.74 Å². The SMILES string of the molecule is CCOC(=O)C(F)CN(Cc1ccccc1)Cc1ccccc1. The normalized spacial score (nSPS) is 12.1. The van der Waals surface area contributed by atoms with Crippen molar-refractivity contribution in [1.82, 2.24) is 4.90 Å². The third-order valence-electron chi connectivity index (χ3n) is 3.46. The van der Waals surface area contributed by atoms with Crippen LogP contribution in [-0.2, 0) is 22.6 Å². The first-order valence-electron chi connectivity index (χ1n) is 7.80. The fraction of sp³-hybridized carbons (Fsp3) is 0.316. The fourth-order valence-electron chi connectivity index (χ4n) is 2.40. The highest BCUT2D eigenvalue weighted by atomic mass is 19.1. The van der Waals surface area contributed by atoms with Gasteiger partial charge >= 0.3 is 5.97 Å². The summed E-state index contributed by atoms with van der Waals surface area (Å²) in [4.78, 5) is 13.5. The van der Waals surface area contributed by atoms with Crippen molar-refractivity contribution < 1.29 is 13.9 Å². The maximum atomic E-state index is 14.1. The lowest BCUT2D eigenvalue weighted by atomic mass is 10.1. The highest BCUT2D eigenvalue weighted by Gasteiger charge is 2.22. The molecule has 122 valence electrons. The van der Waals surface area contributed by atoms with E-state index in [9.17, 15) is 9.18 Å². The van der Waals surface area contributed by atoms with Crippen LogP contribution in [0.4, 0.5) is 4.39 Å². The van der Waals surface area contributed by atoms with Crippen LogP contribution in [0.5, 0.6) is 0 Å². The van der Waals surface area contributed by atoms with Crippen LogP contribution in [0.25, 0.3) is 0 Å². The Kier molecular flexibility index (Phi) is 6.76. The zero-order valence-electron chi connectivity index (χ0n) is 13.3. The van der Waals surface area contributed by atoms with E-state index in [0.717, 1.165) is 11.1 Å². The molecule has 0 saturated carbocycles. The molecule has 3 nitrogen and oxygen atoms in total. The van der Waals surface area contributed by atoms with Crippen molar-refractivity contribution in [2.24, 2.45) is 0 Å². The molecule has 0 heterocycles. The van der Waals surface area contributed by atoms with Gasteiger partial charge in [-0.1, -0.05) is 60.7 Å². The summed E-state index contributed by atoms with van der Waals surface area (Å²) in [6.07, 6.45) is -1.64. The van der Waals surface area contributed by atoms with E-state index >= 15 is 0 Å². The molecular weight excluding hydrogens is 293 g/mol. The maximum Gasteiger partial charge on any atom is 0.342 e. The average Bonchev–Trinajstić information content (AvgIpc) is 2.57. The molecule has 0 radical (unpaired) electrons. The van der Waals surface area contributed by atoms with Crippen molar-refractivity contribution in [3.8, 4) is 0 Å². The van der Waals surface area contributed by atoms with Crippen LogP contribution in [0, 0.1) is 0 Å². The number of benzene rings is 2. The van der Waals surface area contributed by atoms with E-state index in [1.165, 1.54) is 0 Å². The van der Waals surface area contributed by atoms with Crippen molar-refractivity contribution >= 4 is 5.97 Å². The van der Waals surface area contributed by atoms with E-state index in [2.05, 4.69) is 0 Å². The van der Waals surface area contributed by atoms with Gasteiger partial charge in [0.15, 0.2) is 0 Å². The summed E-state index contributed by atoms with van der Waals surface area (Å²) in [6, 6.07) is 19.7. The fourth-order valence-corrected chi connectivity index (χ4v) is 2.40. The number of hydrogen-bond donors (Lipinski definition) is 0. The molecule has 0 bridgehead atoms. The van der Waals surface area contributed by atoms with Crippen LogP contribution in [0.3, 0.4) is 0 Å². The summed E-state index contributed by atoms with van der Waals surface area (Å²) in [5.41, 5.74) is 2.17. The first-order valence-corrected chi connectivity index (χ1v) is 7.80. The molecule has 0 aliphatic rings. The predicted octanol–water partition coefficient (Wildman–Crippen LogP) is 3.59. The Labute approximate surface area is 136 Å². The molecule has 1 atom stereocenters. The zero-order valence-corrected chi connectivity index (χ0v) is 13.3. The Morgan fingerprint density at radius 2 is 1.48 bits per heavy atom. The summed E-state index contributed by atoms with van der Waals surface area (Å²) in [6.45, 7) is 3.04. The molecule has 2 rings (SSSR count). The minimum atomic E-state index is -1.64. The molecule has 4 heteroatoms. The Morgan fingerprint density at radius 1 is 1.00 bits per heavy atom. The second kappa shape index (κ2) is 9.06. The lowest BCUT2D eigenvalue weighted by Gasteiger charge is -2.23. The van der Waals surface area contributed by atoms with E-state index in [1.54, 1.807) is 6.92 Å². The lowest BCUT2D eigenvalue weighted by Crippen LogP contribution is -2.34. The Balaban J connectivity index is 2.06. The number of esters is 1. The van der Waals surface area contributed by atoms with Crippen LogP contribution in [0.1, 0.15) is 18.1 Å². The molecular formula is C19H22FNO2. The number of alkyl halides is 1. The van der Waals surface area contributed by atoms with Crippen molar-refractivity contribution in [3.63, 3.8) is 0 Å². The van der Waals surface area contributed by atoms with Crippen molar-refractivity contribution in [1.29, 1.82) is 0 Å². The molecule has 1 unspecified atom stereocenters. The number of halogens is 1. The molecule has 0 amide bonds. The standard InChI is InChI=1S/C19H22FNO2/c1-2-23-19(22)18(20)15-21(13-16-9-5-3-6-10-16)14-17-11-7-4-8-12-17/h3-12,18H,2,13-15H2,1H3. The van der Waals surface area contributed by atoms with Crippen molar-refractivity contribution in [2.75, 3.05) is 13.2 Å². The van der Waals surface area contributed by atoms with Crippen molar-refractivity contribution in [2.45, 2.75) is 26.2 Å². The number of ether oxygens (including phenoxy) is 1. The number of carbonyl (C=O) groups excluding carboxylic acids is 1. The summed E-state index contributed by atoms with van der Waals surface area (Å²) >= 11 is 0. The summed E-state index contributed by atoms with van der Waals surface area (Å²) < 4.78 is 18.9. The van der Waals surface area contributed by atoms with Crippen molar-refractivity contribution in [3.05, 3.63) is 71.8 Å². The highest BCUT2D eigenvalue weighted by molar-refractivity contribution is 5.74. The third-order valence-corrected chi connectivity index (χ3v) is 3.46. The molecule has 23 heavy (non-hydrogen) atoms. The van der Waals surface area contributed by atoms with E-state index < -0.39 is 12.1 Å². The zero-order chi connectivity index (χ0) is 16.5. The van der Waals surface area contributed by atoms with Gasteiger partial charge in [-0.15, -0.1) is 0 Å². The monoisotopic (exact) mass is 315 g/mol. The Bertz CT molecular complexity index is 547. The van der Waals surface area contributed by atoms with Crippen LogP contribution in [-0.4, -0.2) is 30.2 Å². The minimum absolute atomic E-state index is 0.0165. The van der Waals surface area contributed by atoms with Crippen LogP contribution >= 0.6 is 0 Å². The third kappa shape index (κ3) is 5.83. The average molecular weight is 315 g/mol. The van der Waals surface area contributed by atoms with Crippen LogP contribution in [0.2, 0.25) is 0 Å². The quantitative estimate of drug-likeness (QED) is 0.697. The summed E-state index contributed by atoms with van der Waals surface area (Å²) in [5, 5.41) is 0. The number of hydrogen-bond acceptors (Lipinski definition) is 3.